The number of furan rings is 1. The van der Waals surface area contributed by atoms with E-state index >= 15 is 0 Å². The minimum atomic E-state index is -0.242. The summed E-state index contributed by atoms with van der Waals surface area (Å²) in [4.78, 5) is 10.9. The Kier molecular flexibility index (Phi) is 2.42. The van der Waals surface area contributed by atoms with Crippen LogP contribution < -0.4 is 0 Å². The van der Waals surface area contributed by atoms with Gasteiger partial charge in [-0.3, -0.25) is 4.79 Å². The molecule has 82 valence electrons. The summed E-state index contributed by atoms with van der Waals surface area (Å²) in [7, 11) is 0. The first-order valence-corrected chi connectivity index (χ1v) is 5.57. The lowest BCUT2D eigenvalue weighted by molar-refractivity contribution is -0.112. The average molecular weight is 227 g/mol. The summed E-state index contributed by atoms with van der Waals surface area (Å²) in [6.45, 7) is 6.31. The third-order valence-electron chi connectivity index (χ3n) is 2.81. The molecule has 0 radical (unpaired) electrons. The molecule has 1 saturated carbocycles. The maximum Gasteiger partial charge on any atom is 0.225 e. The van der Waals surface area contributed by atoms with Crippen molar-refractivity contribution in [2.75, 3.05) is 0 Å². The fourth-order valence-electron chi connectivity index (χ4n) is 1.72. The third kappa shape index (κ3) is 2.10. The molecule has 0 N–H and O–H groups in total. The van der Waals surface area contributed by atoms with Gasteiger partial charge in [0.1, 0.15) is 11.5 Å². The minimum Gasteiger partial charge on any atom is -0.465 e. The van der Waals surface area contributed by atoms with E-state index in [-0.39, 0.29) is 22.5 Å². The fourth-order valence-corrected chi connectivity index (χ4v) is 1.96. The van der Waals surface area contributed by atoms with Gasteiger partial charge in [0.25, 0.3) is 0 Å². The summed E-state index contributed by atoms with van der Waals surface area (Å²) < 4.78 is 5.74. The maximum atomic E-state index is 10.9. The van der Waals surface area contributed by atoms with E-state index in [1.807, 2.05) is 12.1 Å². The van der Waals surface area contributed by atoms with Gasteiger partial charge in [0.2, 0.25) is 5.24 Å². The van der Waals surface area contributed by atoms with E-state index in [1.165, 1.54) is 0 Å². The molecule has 1 aliphatic carbocycles. The first kappa shape index (κ1) is 10.7. The molecule has 0 bridgehead atoms. The maximum absolute atomic E-state index is 10.9. The Labute approximate surface area is 94.6 Å². The van der Waals surface area contributed by atoms with Crippen molar-refractivity contribution in [1.29, 1.82) is 0 Å². The van der Waals surface area contributed by atoms with Gasteiger partial charge < -0.3 is 4.42 Å². The highest BCUT2D eigenvalue weighted by molar-refractivity contribution is 6.64. The highest BCUT2D eigenvalue weighted by atomic mass is 35.5. The SMILES string of the molecule is CC(C)(C)c1ccc(C2CC2C(=O)Cl)o1. The number of carbonyl (C=O) groups is 1. The van der Waals surface area contributed by atoms with Crippen LogP contribution in [0.3, 0.4) is 0 Å². The Morgan fingerprint density at radius 1 is 1.47 bits per heavy atom. The molecule has 0 aromatic carbocycles. The monoisotopic (exact) mass is 226 g/mol. The zero-order valence-corrected chi connectivity index (χ0v) is 9.97. The van der Waals surface area contributed by atoms with Gasteiger partial charge in [-0.1, -0.05) is 20.8 Å². The van der Waals surface area contributed by atoms with Gasteiger partial charge in [-0.2, -0.15) is 0 Å². The molecule has 15 heavy (non-hydrogen) atoms. The van der Waals surface area contributed by atoms with Crippen LogP contribution in [0, 0.1) is 5.92 Å². The summed E-state index contributed by atoms with van der Waals surface area (Å²) >= 11 is 5.44. The molecule has 0 amide bonds. The van der Waals surface area contributed by atoms with E-state index in [0.29, 0.717) is 0 Å². The van der Waals surface area contributed by atoms with Gasteiger partial charge in [-0.15, -0.1) is 0 Å². The van der Waals surface area contributed by atoms with Crippen LogP contribution in [0.4, 0.5) is 0 Å². The van der Waals surface area contributed by atoms with Crippen LogP contribution >= 0.6 is 11.6 Å². The van der Waals surface area contributed by atoms with Gasteiger partial charge in [-0.25, -0.2) is 0 Å². The molecule has 0 saturated heterocycles. The van der Waals surface area contributed by atoms with Crippen LogP contribution in [-0.4, -0.2) is 5.24 Å². The summed E-state index contributed by atoms with van der Waals surface area (Å²) in [5.41, 5.74) is 0.0214. The number of hydrogen-bond donors (Lipinski definition) is 0. The molecule has 2 unspecified atom stereocenters. The van der Waals surface area contributed by atoms with Crippen LogP contribution in [0.5, 0.6) is 0 Å². The number of carbonyl (C=O) groups excluding carboxylic acids is 1. The van der Waals surface area contributed by atoms with Crippen LogP contribution in [0.1, 0.15) is 44.6 Å². The highest BCUT2D eigenvalue weighted by Gasteiger charge is 2.45. The summed E-state index contributed by atoms with van der Waals surface area (Å²) in [5, 5.41) is -0.242. The molecule has 1 aliphatic rings. The average Bonchev–Trinajstić information content (AvgIpc) is 2.74. The lowest BCUT2D eigenvalue weighted by Gasteiger charge is -2.14. The van der Waals surface area contributed by atoms with Crippen LogP contribution in [0.25, 0.3) is 0 Å². The Bertz CT molecular complexity index is 387. The minimum absolute atomic E-state index is 0.0214. The molecule has 3 heteroatoms. The summed E-state index contributed by atoms with van der Waals surface area (Å²) in [5.74, 6) is 2.06. The van der Waals surface area contributed by atoms with E-state index in [2.05, 4.69) is 20.8 Å². The van der Waals surface area contributed by atoms with Crippen molar-refractivity contribution in [1.82, 2.24) is 0 Å². The van der Waals surface area contributed by atoms with Crippen molar-refractivity contribution in [3.8, 4) is 0 Å². The van der Waals surface area contributed by atoms with Crippen LogP contribution in [0.2, 0.25) is 0 Å². The molecule has 0 spiro atoms. The molecule has 2 nitrogen and oxygen atoms in total. The molecular formula is C12H15ClO2. The predicted octanol–water partition coefficient (Wildman–Crippen LogP) is 3.45. The summed E-state index contributed by atoms with van der Waals surface area (Å²) in [6, 6.07) is 3.95. The Morgan fingerprint density at radius 2 is 2.13 bits per heavy atom. The number of hydrogen-bond acceptors (Lipinski definition) is 2. The van der Waals surface area contributed by atoms with Gasteiger partial charge in [-0.05, 0) is 30.2 Å². The smallest absolute Gasteiger partial charge is 0.225 e. The molecular weight excluding hydrogens is 212 g/mol. The fraction of sp³-hybridized carbons (Fsp3) is 0.583. The van der Waals surface area contributed by atoms with E-state index in [9.17, 15) is 4.79 Å². The van der Waals surface area contributed by atoms with Gasteiger partial charge in [0.15, 0.2) is 0 Å². The number of rotatable bonds is 2. The third-order valence-corrected chi connectivity index (χ3v) is 3.09. The standard InChI is InChI=1S/C12H15ClO2/c1-12(2,3)10-5-4-9(15-10)7-6-8(7)11(13)14/h4-5,7-8H,6H2,1-3H3. The Hall–Kier alpha value is -0.760. The van der Waals surface area contributed by atoms with Crippen molar-refractivity contribution >= 4 is 16.8 Å². The molecule has 1 aromatic heterocycles. The van der Waals surface area contributed by atoms with E-state index < -0.39 is 0 Å². The lowest BCUT2D eigenvalue weighted by atomic mass is 9.94. The molecule has 1 heterocycles. The Balaban J connectivity index is 2.13. The van der Waals surface area contributed by atoms with E-state index in [4.69, 9.17) is 16.0 Å². The second kappa shape index (κ2) is 3.38. The lowest BCUT2D eigenvalue weighted by Crippen LogP contribution is -2.09. The van der Waals surface area contributed by atoms with Crippen molar-refractivity contribution in [3.05, 3.63) is 23.7 Å². The predicted molar refractivity (Wildman–Crippen MR) is 59.1 cm³/mol. The van der Waals surface area contributed by atoms with Crippen LogP contribution in [0.15, 0.2) is 16.5 Å². The van der Waals surface area contributed by atoms with Crippen molar-refractivity contribution < 1.29 is 9.21 Å². The molecule has 2 rings (SSSR count). The van der Waals surface area contributed by atoms with Crippen LogP contribution in [-0.2, 0) is 10.2 Å². The molecule has 1 aromatic rings. The summed E-state index contributed by atoms with van der Waals surface area (Å²) in [6.07, 6.45) is 0.833. The van der Waals surface area contributed by atoms with Gasteiger partial charge in [0.05, 0.1) is 0 Å². The topological polar surface area (TPSA) is 30.2 Å². The second-order valence-corrected chi connectivity index (χ2v) is 5.58. The second-order valence-electron chi connectivity index (χ2n) is 5.20. The zero-order chi connectivity index (χ0) is 11.2. The zero-order valence-electron chi connectivity index (χ0n) is 9.21. The normalized spacial score (nSPS) is 25.3. The van der Waals surface area contributed by atoms with E-state index in [0.717, 1.165) is 17.9 Å². The van der Waals surface area contributed by atoms with E-state index in [1.54, 1.807) is 0 Å². The quantitative estimate of drug-likeness (QED) is 0.723. The van der Waals surface area contributed by atoms with Gasteiger partial charge >= 0.3 is 0 Å². The van der Waals surface area contributed by atoms with Crippen molar-refractivity contribution in [2.24, 2.45) is 5.92 Å². The Morgan fingerprint density at radius 3 is 2.53 bits per heavy atom. The molecule has 1 fully saturated rings. The highest BCUT2D eigenvalue weighted by Crippen LogP contribution is 2.49. The molecule has 0 aliphatic heterocycles. The largest absolute Gasteiger partial charge is 0.465 e. The van der Waals surface area contributed by atoms with Gasteiger partial charge in [0, 0.05) is 17.3 Å². The van der Waals surface area contributed by atoms with Crippen molar-refractivity contribution in [3.63, 3.8) is 0 Å². The first-order chi connectivity index (χ1) is 6.89. The molecule has 2 atom stereocenters. The first-order valence-electron chi connectivity index (χ1n) is 5.19. The van der Waals surface area contributed by atoms with Crippen molar-refractivity contribution in [2.45, 2.75) is 38.5 Å². The number of halogens is 1.